The number of amides is 1. The highest BCUT2D eigenvalue weighted by atomic mass is 35.5. The van der Waals surface area contributed by atoms with Crippen molar-refractivity contribution in [2.75, 3.05) is 0 Å². The van der Waals surface area contributed by atoms with Crippen molar-refractivity contribution in [2.45, 2.75) is 26.4 Å². The third-order valence-electron chi connectivity index (χ3n) is 3.15. The number of aromatic nitrogens is 1. The first kappa shape index (κ1) is 15.3. The van der Waals surface area contributed by atoms with Gasteiger partial charge in [-0.1, -0.05) is 23.7 Å². The summed E-state index contributed by atoms with van der Waals surface area (Å²) >= 11 is 5.98. The van der Waals surface area contributed by atoms with E-state index in [1.54, 1.807) is 17.0 Å². The fraction of sp³-hybridized carbons (Fsp3) is 0.250. The van der Waals surface area contributed by atoms with Gasteiger partial charge in [-0.3, -0.25) is 9.59 Å². The molecule has 0 aliphatic carbocycles. The molecule has 1 aromatic carbocycles. The summed E-state index contributed by atoms with van der Waals surface area (Å²) < 4.78 is 0. The average molecular weight is 305 g/mol. The van der Waals surface area contributed by atoms with Crippen LogP contribution in [0.15, 0.2) is 47.4 Å². The van der Waals surface area contributed by atoms with Crippen LogP contribution in [0, 0.1) is 0 Å². The molecule has 4 nitrogen and oxygen atoms in total. The standard InChI is InChI=1S/C16H17ClN2O2/c1-11(2)19(10-12-4-3-5-14(17)8-12)16(21)13-6-7-18-15(20)9-13/h3-9,11H,10H2,1-2H3,(H,18,20). The van der Waals surface area contributed by atoms with Crippen molar-refractivity contribution in [3.05, 3.63) is 69.1 Å². The zero-order valence-electron chi connectivity index (χ0n) is 12.0. The Balaban J connectivity index is 2.27. The molecule has 0 bridgehead atoms. The molecule has 0 saturated carbocycles. The summed E-state index contributed by atoms with van der Waals surface area (Å²) in [5.74, 6) is -0.170. The van der Waals surface area contributed by atoms with Crippen molar-refractivity contribution < 1.29 is 4.79 Å². The molecule has 110 valence electrons. The number of H-pyrrole nitrogens is 1. The van der Waals surface area contributed by atoms with Crippen molar-refractivity contribution in [3.8, 4) is 0 Å². The van der Waals surface area contributed by atoms with Gasteiger partial charge in [0.2, 0.25) is 5.56 Å². The summed E-state index contributed by atoms with van der Waals surface area (Å²) in [6, 6.07) is 10.3. The number of aromatic amines is 1. The highest BCUT2D eigenvalue weighted by Gasteiger charge is 2.19. The minimum atomic E-state index is -0.285. The number of halogens is 1. The van der Waals surface area contributed by atoms with Gasteiger partial charge in [0, 0.05) is 35.4 Å². The zero-order valence-corrected chi connectivity index (χ0v) is 12.7. The molecule has 0 unspecified atom stereocenters. The Labute approximate surface area is 128 Å². The van der Waals surface area contributed by atoms with Crippen LogP contribution in [-0.4, -0.2) is 21.8 Å². The topological polar surface area (TPSA) is 53.2 Å². The number of hydrogen-bond donors (Lipinski definition) is 1. The smallest absolute Gasteiger partial charge is 0.254 e. The third kappa shape index (κ3) is 3.95. The van der Waals surface area contributed by atoms with Gasteiger partial charge in [-0.25, -0.2) is 0 Å². The van der Waals surface area contributed by atoms with Gasteiger partial charge >= 0.3 is 0 Å². The monoisotopic (exact) mass is 304 g/mol. The number of hydrogen-bond acceptors (Lipinski definition) is 2. The second kappa shape index (κ2) is 6.59. The molecular formula is C16H17ClN2O2. The highest BCUT2D eigenvalue weighted by molar-refractivity contribution is 6.30. The van der Waals surface area contributed by atoms with Crippen LogP contribution in [-0.2, 0) is 6.54 Å². The van der Waals surface area contributed by atoms with Gasteiger partial charge in [0.1, 0.15) is 0 Å². The second-order valence-electron chi connectivity index (χ2n) is 5.10. The lowest BCUT2D eigenvalue weighted by molar-refractivity contribution is 0.0690. The molecule has 21 heavy (non-hydrogen) atoms. The third-order valence-corrected chi connectivity index (χ3v) is 3.38. The molecule has 1 amide bonds. The Kier molecular flexibility index (Phi) is 4.81. The number of carbonyl (C=O) groups excluding carboxylic acids is 1. The van der Waals surface area contributed by atoms with Gasteiger partial charge in [-0.05, 0) is 37.6 Å². The molecule has 1 N–H and O–H groups in total. The maximum atomic E-state index is 12.6. The lowest BCUT2D eigenvalue weighted by atomic mass is 10.1. The summed E-state index contributed by atoms with van der Waals surface area (Å²) in [6.07, 6.45) is 1.48. The second-order valence-corrected chi connectivity index (χ2v) is 5.53. The predicted molar refractivity (Wildman–Crippen MR) is 83.5 cm³/mol. The van der Waals surface area contributed by atoms with Gasteiger partial charge < -0.3 is 9.88 Å². The highest BCUT2D eigenvalue weighted by Crippen LogP contribution is 2.16. The van der Waals surface area contributed by atoms with Gasteiger partial charge in [-0.2, -0.15) is 0 Å². The molecule has 1 aromatic heterocycles. The summed E-state index contributed by atoms with van der Waals surface area (Å²) in [5.41, 5.74) is 1.05. The molecule has 0 spiro atoms. The Hall–Kier alpha value is -2.07. The van der Waals surface area contributed by atoms with Crippen LogP contribution >= 0.6 is 11.6 Å². The summed E-state index contributed by atoms with van der Waals surface area (Å²) in [4.78, 5) is 28.1. The maximum Gasteiger partial charge on any atom is 0.254 e. The molecule has 0 atom stereocenters. The van der Waals surface area contributed by atoms with Crippen molar-refractivity contribution in [1.29, 1.82) is 0 Å². The van der Waals surface area contributed by atoms with Crippen LogP contribution in [0.1, 0.15) is 29.8 Å². The normalized spacial score (nSPS) is 10.7. The van der Waals surface area contributed by atoms with E-state index in [0.29, 0.717) is 17.1 Å². The van der Waals surface area contributed by atoms with E-state index in [1.165, 1.54) is 12.3 Å². The first-order valence-corrected chi connectivity index (χ1v) is 7.09. The van der Waals surface area contributed by atoms with Crippen LogP contribution in [0.5, 0.6) is 0 Å². The van der Waals surface area contributed by atoms with Gasteiger partial charge in [0.25, 0.3) is 5.91 Å². The molecule has 0 radical (unpaired) electrons. The van der Waals surface area contributed by atoms with Crippen LogP contribution in [0.25, 0.3) is 0 Å². The largest absolute Gasteiger partial charge is 0.332 e. The first-order chi connectivity index (χ1) is 9.97. The van der Waals surface area contributed by atoms with E-state index in [1.807, 2.05) is 32.0 Å². The Bertz CT molecular complexity index is 694. The molecule has 1 heterocycles. The van der Waals surface area contributed by atoms with Crippen molar-refractivity contribution >= 4 is 17.5 Å². The van der Waals surface area contributed by atoms with E-state index in [9.17, 15) is 9.59 Å². The van der Waals surface area contributed by atoms with Gasteiger partial charge in [-0.15, -0.1) is 0 Å². The number of nitrogens with one attached hydrogen (secondary N) is 1. The number of benzene rings is 1. The van der Waals surface area contributed by atoms with Crippen LogP contribution < -0.4 is 5.56 Å². The quantitative estimate of drug-likeness (QED) is 0.943. The number of rotatable bonds is 4. The summed E-state index contributed by atoms with van der Waals surface area (Å²) in [6.45, 7) is 4.33. The minimum absolute atomic E-state index is 0.00997. The lowest BCUT2D eigenvalue weighted by Crippen LogP contribution is -2.36. The number of pyridine rings is 1. The Morgan fingerprint density at radius 3 is 2.67 bits per heavy atom. The van der Waals surface area contributed by atoms with E-state index >= 15 is 0 Å². The first-order valence-electron chi connectivity index (χ1n) is 6.71. The molecule has 0 saturated heterocycles. The zero-order chi connectivity index (χ0) is 15.4. The van der Waals surface area contributed by atoms with E-state index in [-0.39, 0.29) is 17.5 Å². The number of nitrogens with zero attached hydrogens (tertiary/aromatic N) is 1. The van der Waals surface area contributed by atoms with Crippen molar-refractivity contribution in [3.63, 3.8) is 0 Å². The molecular weight excluding hydrogens is 288 g/mol. The Morgan fingerprint density at radius 1 is 1.29 bits per heavy atom. The maximum absolute atomic E-state index is 12.6. The molecule has 5 heteroatoms. The van der Waals surface area contributed by atoms with Crippen molar-refractivity contribution in [1.82, 2.24) is 9.88 Å². The van der Waals surface area contributed by atoms with Crippen molar-refractivity contribution in [2.24, 2.45) is 0 Å². The fourth-order valence-electron chi connectivity index (χ4n) is 2.06. The molecule has 2 rings (SSSR count). The van der Waals surface area contributed by atoms with Gasteiger partial charge in [0.05, 0.1) is 0 Å². The fourth-order valence-corrected chi connectivity index (χ4v) is 2.28. The predicted octanol–water partition coefficient (Wildman–Crippen LogP) is 3.08. The van der Waals surface area contributed by atoms with E-state index in [2.05, 4.69) is 4.98 Å². The van der Waals surface area contributed by atoms with Gasteiger partial charge in [0.15, 0.2) is 0 Å². The lowest BCUT2D eigenvalue weighted by Gasteiger charge is -2.27. The van der Waals surface area contributed by atoms with E-state index in [4.69, 9.17) is 11.6 Å². The van der Waals surface area contributed by atoms with E-state index < -0.39 is 0 Å². The minimum Gasteiger partial charge on any atom is -0.332 e. The summed E-state index contributed by atoms with van der Waals surface area (Å²) in [7, 11) is 0. The van der Waals surface area contributed by atoms with Crippen LogP contribution in [0.2, 0.25) is 5.02 Å². The summed E-state index contributed by atoms with van der Waals surface area (Å²) in [5, 5.41) is 0.639. The molecule has 2 aromatic rings. The molecule has 0 aliphatic rings. The average Bonchev–Trinajstić information content (AvgIpc) is 2.44. The molecule has 0 aliphatic heterocycles. The van der Waals surface area contributed by atoms with Crippen LogP contribution in [0.4, 0.5) is 0 Å². The van der Waals surface area contributed by atoms with E-state index in [0.717, 1.165) is 5.56 Å². The number of carbonyl (C=O) groups is 1. The SMILES string of the molecule is CC(C)N(Cc1cccc(Cl)c1)C(=O)c1cc[nH]c(=O)c1. The molecule has 0 fully saturated rings. The Morgan fingerprint density at radius 2 is 2.05 bits per heavy atom. The van der Waals surface area contributed by atoms with Crippen LogP contribution in [0.3, 0.4) is 0 Å².